The van der Waals surface area contributed by atoms with Crippen LogP contribution in [0.3, 0.4) is 0 Å². The highest BCUT2D eigenvalue weighted by molar-refractivity contribution is 6.03. The number of aromatic amines is 1. The van der Waals surface area contributed by atoms with Gasteiger partial charge in [0.05, 0.1) is 5.71 Å². The van der Waals surface area contributed by atoms with E-state index < -0.39 is 0 Å². The van der Waals surface area contributed by atoms with Gasteiger partial charge in [-0.1, -0.05) is 18.6 Å². The maximum Gasteiger partial charge on any atom is 0.252 e. The molecule has 1 aromatic carbocycles. The molecule has 3 N–H and O–H groups in total. The van der Waals surface area contributed by atoms with E-state index in [0.29, 0.717) is 23.4 Å². The molecule has 110 valence electrons. The van der Waals surface area contributed by atoms with Crippen LogP contribution in [-0.2, 0) is 0 Å². The lowest BCUT2D eigenvalue weighted by Gasteiger charge is -2.08. The Kier molecular flexibility index (Phi) is 4.37. The van der Waals surface area contributed by atoms with Crippen LogP contribution in [0.15, 0.2) is 34.2 Å². The van der Waals surface area contributed by atoms with Crippen molar-refractivity contribution in [2.75, 3.05) is 5.43 Å². The van der Waals surface area contributed by atoms with Crippen LogP contribution in [-0.4, -0.2) is 20.8 Å². The summed E-state index contributed by atoms with van der Waals surface area (Å²) in [5.74, 6) is 0.451. The number of nitrogens with zero attached hydrogens (tertiary/aromatic N) is 2. The van der Waals surface area contributed by atoms with E-state index >= 15 is 0 Å². The van der Waals surface area contributed by atoms with Crippen LogP contribution >= 0.6 is 0 Å². The molecule has 0 amide bonds. The highest BCUT2D eigenvalue weighted by Crippen LogP contribution is 2.20. The van der Waals surface area contributed by atoms with Gasteiger partial charge in [0.15, 0.2) is 0 Å². The summed E-state index contributed by atoms with van der Waals surface area (Å²) in [7, 11) is 0. The van der Waals surface area contributed by atoms with Crippen LogP contribution in [0.25, 0.3) is 0 Å². The lowest BCUT2D eigenvalue weighted by Crippen LogP contribution is -2.12. The summed E-state index contributed by atoms with van der Waals surface area (Å²) in [6, 6.07) is 6.75. The Balaban J connectivity index is 2.32. The van der Waals surface area contributed by atoms with Crippen LogP contribution in [0, 0.1) is 13.8 Å². The number of hydrogen-bond donors (Lipinski definition) is 3. The lowest BCUT2D eigenvalue weighted by molar-refractivity contribution is 0.474. The fraction of sp³-hybridized carbons (Fsp3) is 0.267. The summed E-state index contributed by atoms with van der Waals surface area (Å²) in [4.78, 5) is 18.1. The maximum atomic E-state index is 11.4. The van der Waals surface area contributed by atoms with Gasteiger partial charge in [-0.3, -0.25) is 9.78 Å². The number of benzene rings is 1. The molecular formula is C15H18N4O2. The van der Waals surface area contributed by atoms with E-state index in [-0.39, 0.29) is 17.3 Å². The Labute approximate surface area is 122 Å². The molecular weight excluding hydrogens is 268 g/mol. The van der Waals surface area contributed by atoms with Crippen molar-refractivity contribution >= 4 is 11.7 Å². The SMILES string of the molecule is CC/C(=N\Nc1nc(C)cc(=O)[nH]1)c1cc(C)ccc1O. The zero-order valence-electron chi connectivity index (χ0n) is 12.3. The summed E-state index contributed by atoms with van der Waals surface area (Å²) in [6.45, 7) is 5.62. The molecule has 2 aromatic rings. The first kappa shape index (κ1) is 14.8. The lowest BCUT2D eigenvalue weighted by atomic mass is 10.0. The minimum Gasteiger partial charge on any atom is -0.507 e. The zero-order chi connectivity index (χ0) is 15.4. The third-order valence-electron chi connectivity index (χ3n) is 2.96. The Morgan fingerprint density at radius 1 is 1.38 bits per heavy atom. The van der Waals surface area contributed by atoms with Crippen molar-refractivity contribution in [3.63, 3.8) is 0 Å². The van der Waals surface area contributed by atoms with Crippen molar-refractivity contribution in [2.45, 2.75) is 27.2 Å². The molecule has 0 bridgehead atoms. The summed E-state index contributed by atoms with van der Waals surface area (Å²) >= 11 is 0. The molecule has 0 atom stereocenters. The molecule has 1 heterocycles. The van der Waals surface area contributed by atoms with Crippen molar-refractivity contribution in [1.82, 2.24) is 9.97 Å². The van der Waals surface area contributed by atoms with Crippen molar-refractivity contribution < 1.29 is 5.11 Å². The fourth-order valence-corrected chi connectivity index (χ4v) is 1.96. The number of phenolic OH excluding ortho intramolecular Hbond substituents is 1. The first-order valence-electron chi connectivity index (χ1n) is 6.70. The number of hydrogen-bond acceptors (Lipinski definition) is 5. The van der Waals surface area contributed by atoms with Gasteiger partial charge >= 0.3 is 0 Å². The molecule has 0 unspecified atom stereocenters. The molecule has 2 rings (SSSR count). The molecule has 6 nitrogen and oxygen atoms in total. The smallest absolute Gasteiger partial charge is 0.252 e. The van der Waals surface area contributed by atoms with E-state index in [1.165, 1.54) is 6.07 Å². The van der Waals surface area contributed by atoms with Gasteiger partial charge in [-0.25, -0.2) is 10.4 Å². The van der Waals surface area contributed by atoms with Crippen LogP contribution in [0.4, 0.5) is 5.95 Å². The predicted molar refractivity (Wildman–Crippen MR) is 82.9 cm³/mol. The third kappa shape index (κ3) is 3.68. The molecule has 0 fully saturated rings. The Morgan fingerprint density at radius 3 is 2.81 bits per heavy atom. The molecule has 0 saturated carbocycles. The topological polar surface area (TPSA) is 90.4 Å². The summed E-state index contributed by atoms with van der Waals surface area (Å²) < 4.78 is 0. The molecule has 0 aliphatic rings. The number of hydrazone groups is 1. The fourth-order valence-electron chi connectivity index (χ4n) is 1.96. The van der Waals surface area contributed by atoms with Gasteiger partial charge < -0.3 is 5.11 Å². The van der Waals surface area contributed by atoms with E-state index in [1.807, 2.05) is 26.0 Å². The maximum absolute atomic E-state index is 11.4. The van der Waals surface area contributed by atoms with E-state index in [4.69, 9.17) is 0 Å². The first-order valence-corrected chi connectivity index (χ1v) is 6.70. The zero-order valence-corrected chi connectivity index (χ0v) is 12.3. The second-order valence-electron chi connectivity index (χ2n) is 4.78. The normalized spacial score (nSPS) is 11.5. The molecule has 0 spiro atoms. The van der Waals surface area contributed by atoms with Crippen LogP contribution < -0.4 is 11.0 Å². The standard InChI is InChI=1S/C15H18N4O2/c1-4-12(11-7-9(2)5-6-13(11)20)18-19-15-16-10(3)8-14(21)17-15/h5-8,20H,4H2,1-3H3,(H2,16,17,19,21)/b18-12+. The van der Waals surface area contributed by atoms with E-state index in [0.717, 1.165) is 5.56 Å². The molecule has 0 radical (unpaired) electrons. The van der Waals surface area contributed by atoms with Gasteiger partial charge in [0.1, 0.15) is 5.75 Å². The third-order valence-corrected chi connectivity index (χ3v) is 2.96. The number of H-pyrrole nitrogens is 1. The van der Waals surface area contributed by atoms with Gasteiger partial charge in [-0.2, -0.15) is 5.10 Å². The van der Waals surface area contributed by atoms with Gasteiger partial charge in [0.2, 0.25) is 5.95 Å². The van der Waals surface area contributed by atoms with E-state index in [1.54, 1.807) is 13.0 Å². The monoisotopic (exact) mass is 286 g/mol. The van der Waals surface area contributed by atoms with Crippen molar-refractivity contribution in [3.05, 3.63) is 51.4 Å². The van der Waals surface area contributed by atoms with Crippen molar-refractivity contribution in [2.24, 2.45) is 5.10 Å². The average Bonchev–Trinajstić information content (AvgIpc) is 2.42. The Bertz CT molecular complexity index is 735. The average molecular weight is 286 g/mol. The number of phenols is 1. The molecule has 1 aromatic heterocycles. The predicted octanol–water partition coefficient (Wildman–Crippen LogP) is 2.32. The van der Waals surface area contributed by atoms with Gasteiger partial charge in [0, 0.05) is 17.3 Å². The number of aryl methyl sites for hydroxylation is 2. The largest absolute Gasteiger partial charge is 0.507 e. The molecule has 21 heavy (non-hydrogen) atoms. The number of rotatable bonds is 4. The quantitative estimate of drug-likeness (QED) is 0.594. The molecule has 0 saturated heterocycles. The number of aromatic nitrogens is 2. The van der Waals surface area contributed by atoms with E-state index in [9.17, 15) is 9.90 Å². The molecule has 0 aliphatic carbocycles. The van der Waals surface area contributed by atoms with E-state index in [2.05, 4.69) is 20.5 Å². The van der Waals surface area contributed by atoms with Gasteiger partial charge in [-0.15, -0.1) is 0 Å². The summed E-state index contributed by atoms with van der Waals surface area (Å²) in [6.07, 6.45) is 0.625. The highest BCUT2D eigenvalue weighted by Gasteiger charge is 2.08. The second kappa shape index (κ2) is 6.21. The Hall–Kier alpha value is -2.63. The summed E-state index contributed by atoms with van der Waals surface area (Å²) in [5.41, 5.74) is 5.48. The molecule has 6 heteroatoms. The van der Waals surface area contributed by atoms with Crippen LogP contribution in [0.1, 0.15) is 30.2 Å². The van der Waals surface area contributed by atoms with Gasteiger partial charge in [0.25, 0.3) is 5.56 Å². The highest BCUT2D eigenvalue weighted by atomic mass is 16.3. The minimum absolute atomic E-state index is 0.175. The van der Waals surface area contributed by atoms with Crippen LogP contribution in [0.5, 0.6) is 5.75 Å². The van der Waals surface area contributed by atoms with Gasteiger partial charge in [-0.05, 0) is 32.4 Å². The molecule has 0 aliphatic heterocycles. The summed E-state index contributed by atoms with van der Waals surface area (Å²) in [5, 5.41) is 14.2. The number of aromatic hydroxyl groups is 1. The number of anilines is 1. The first-order chi connectivity index (χ1) is 9.99. The van der Waals surface area contributed by atoms with Crippen LogP contribution in [0.2, 0.25) is 0 Å². The minimum atomic E-state index is -0.239. The second-order valence-corrected chi connectivity index (χ2v) is 4.78. The Morgan fingerprint density at radius 2 is 2.14 bits per heavy atom. The number of nitrogens with one attached hydrogen (secondary N) is 2. The van der Waals surface area contributed by atoms with Crippen molar-refractivity contribution in [1.29, 1.82) is 0 Å². The van der Waals surface area contributed by atoms with Crippen molar-refractivity contribution in [3.8, 4) is 5.75 Å².